The summed E-state index contributed by atoms with van der Waals surface area (Å²) < 4.78 is 0. The van der Waals surface area contributed by atoms with Crippen molar-refractivity contribution in [3.05, 3.63) is 71.3 Å². The highest BCUT2D eigenvalue weighted by molar-refractivity contribution is 5.95. The number of rotatable bonds is 7. The van der Waals surface area contributed by atoms with E-state index in [1.165, 1.54) is 44.1 Å². The first kappa shape index (κ1) is 19.6. The van der Waals surface area contributed by atoms with Gasteiger partial charge in [-0.2, -0.15) is 0 Å². The largest absolute Gasteiger partial charge is 0.398 e. The van der Waals surface area contributed by atoms with E-state index in [9.17, 15) is 4.79 Å². The molecule has 0 heterocycles. The second-order valence-corrected chi connectivity index (χ2v) is 9.97. The third-order valence-electron chi connectivity index (χ3n) is 7.57. The van der Waals surface area contributed by atoms with Crippen molar-refractivity contribution >= 4 is 17.5 Å². The predicted octanol–water partition coefficient (Wildman–Crippen LogP) is 5.15. The van der Waals surface area contributed by atoms with Gasteiger partial charge in [0.1, 0.15) is 0 Å². The van der Waals surface area contributed by atoms with Crippen LogP contribution in [0.2, 0.25) is 0 Å². The van der Waals surface area contributed by atoms with Crippen molar-refractivity contribution in [1.29, 1.82) is 0 Å². The van der Waals surface area contributed by atoms with E-state index in [0.29, 0.717) is 17.6 Å². The summed E-state index contributed by atoms with van der Waals surface area (Å²) in [6.07, 6.45) is 12.5. The molecule has 0 amide bonds. The second kappa shape index (κ2) is 8.03. The second-order valence-electron chi connectivity index (χ2n) is 9.97. The smallest absolute Gasteiger partial charge is 0.160 e. The number of nitrogens with two attached hydrogens (primary N) is 1. The summed E-state index contributed by atoms with van der Waals surface area (Å²) >= 11 is 0. The van der Waals surface area contributed by atoms with Gasteiger partial charge >= 0.3 is 0 Å². The number of hydrogen-bond donors (Lipinski definition) is 2. The lowest BCUT2D eigenvalue weighted by atomic mass is 9.53. The Labute approximate surface area is 179 Å². The third kappa shape index (κ3) is 4.22. The Morgan fingerprint density at radius 3 is 2.23 bits per heavy atom. The fourth-order valence-corrected chi connectivity index (χ4v) is 6.49. The molecule has 0 unspecified atom stereocenters. The lowest BCUT2D eigenvalue weighted by Gasteiger charge is -2.57. The minimum absolute atomic E-state index is 0.0699. The first-order valence-corrected chi connectivity index (χ1v) is 11.5. The Hall–Kier alpha value is -2.39. The van der Waals surface area contributed by atoms with Crippen molar-refractivity contribution < 1.29 is 4.79 Å². The topological polar surface area (TPSA) is 55.1 Å². The number of carbonyl (C=O) groups excluding carboxylic acids is 1. The zero-order valence-electron chi connectivity index (χ0n) is 17.6. The third-order valence-corrected chi connectivity index (χ3v) is 7.57. The van der Waals surface area contributed by atoms with Crippen LogP contribution in [0.4, 0.5) is 5.69 Å². The van der Waals surface area contributed by atoms with Gasteiger partial charge in [0, 0.05) is 24.2 Å². The van der Waals surface area contributed by atoms with Crippen LogP contribution in [-0.4, -0.2) is 11.3 Å². The highest BCUT2D eigenvalue weighted by atomic mass is 16.1. The minimum atomic E-state index is 0.0699. The van der Waals surface area contributed by atoms with Crippen LogP contribution >= 0.6 is 0 Å². The number of nitrogens with one attached hydrogen (secondary N) is 1. The van der Waals surface area contributed by atoms with Crippen LogP contribution in [0.1, 0.15) is 55.2 Å². The summed E-state index contributed by atoms with van der Waals surface area (Å²) in [6, 6.07) is 16.1. The normalized spacial score (nSPS) is 29.5. The first-order chi connectivity index (χ1) is 14.6. The number of anilines is 1. The van der Waals surface area contributed by atoms with Gasteiger partial charge < -0.3 is 11.1 Å². The zero-order valence-corrected chi connectivity index (χ0v) is 17.6. The molecule has 4 saturated carbocycles. The Balaban J connectivity index is 1.16. The van der Waals surface area contributed by atoms with Gasteiger partial charge in [0.15, 0.2) is 5.78 Å². The number of allylic oxidation sites excluding steroid dienone is 1. The standard InChI is InChI=1S/C27H32N2O/c28-26-4-2-1-3-24(26)14-25(30)10-9-19-5-7-20(8-6-19)18-29-27-15-21-11-22(16-27)13-23(12-21)17-27/h1-10,21-23,29H,11-18,28H2/b10-9+. The molecule has 4 fully saturated rings. The molecular formula is C27H32N2O. The van der Waals surface area contributed by atoms with Gasteiger partial charge in [-0.1, -0.05) is 48.5 Å². The van der Waals surface area contributed by atoms with Crippen LogP contribution < -0.4 is 11.1 Å². The van der Waals surface area contributed by atoms with Crippen LogP contribution in [0.3, 0.4) is 0 Å². The molecular weight excluding hydrogens is 368 g/mol. The number of carbonyl (C=O) groups is 1. The molecule has 0 spiro atoms. The monoisotopic (exact) mass is 400 g/mol. The van der Waals surface area contributed by atoms with Crippen LogP contribution in [0.15, 0.2) is 54.6 Å². The van der Waals surface area contributed by atoms with Crippen LogP contribution in [-0.2, 0) is 17.8 Å². The molecule has 0 atom stereocenters. The van der Waals surface area contributed by atoms with Crippen molar-refractivity contribution in [2.75, 3.05) is 5.73 Å². The Bertz CT molecular complexity index is 908. The van der Waals surface area contributed by atoms with Crippen LogP contribution in [0.25, 0.3) is 6.08 Å². The van der Waals surface area contributed by atoms with Crippen molar-refractivity contribution in [2.24, 2.45) is 17.8 Å². The van der Waals surface area contributed by atoms with Gasteiger partial charge in [0.25, 0.3) is 0 Å². The van der Waals surface area contributed by atoms with Gasteiger partial charge in [-0.3, -0.25) is 4.79 Å². The number of hydrogen-bond acceptors (Lipinski definition) is 3. The summed E-state index contributed by atoms with van der Waals surface area (Å²) in [5.74, 6) is 2.99. The molecule has 6 rings (SSSR count). The van der Waals surface area contributed by atoms with Crippen molar-refractivity contribution in [3.63, 3.8) is 0 Å². The molecule has 4 bridgehead atoms. The molecule has 4 aliphatic rings. The van der Waals surface area contributed by atoms with E-state index < -0.39 is 0 Å². The van der Waals surface area contributed by atoms with Crippen molar-refractivity contribution in [1.82, 2.24) is 5.32 Å². The molecule has 156 valence electrons. The fourth-order valence-electron chi connectivity index (χ4n) is 6.49. The molecule has 0 radical (unpaired) electrons. The quantitative estimate of drug-likeness (QED) is 0.499. The molecule has 4 aliphatic carbocycles. The van der Waals surface area contributed by atoms with E-state index in [2.05, 4.69) is 29.6 Å². The summed E-state index contributed by atoms with van der Waals surface area (Å²) in [6.45, 7) is 0.947. The van der Waals surface area contributed by atoms with E-state index in [1.807, 2.05) is 30.3 Å². The highest BCUT2D eigenvalue weighted by Crippen LogP contribution is 2.55. The molecule has 3 nitrogen and oxygen atoms in total. The van der Waals surface area contributed by atoms with Gasteiger partial charge in [-0.15, -0.1) is 0 Å². The molecule has 0 aliphatic heterocycles. The summed E-state index contributed by atoms with van der Waals surface area (Å²) in [5.41, 5.74) is 10.3. The lowest BCUT2D eigenvalue weighted by Crippen LogP contribution is -2.58. The van der Waals surface area contributed by atoms with E-state index in [0.717, 1.165) is 35.4 Å². The highest BCUT2D eigenvalue weighted by Gasteiger charge is 2.50. The van der Waals surface area contributed by atoms with Gasteiger partial charge in [-0.25, -0.2) is 0 Å². The molecule has 3 heteroatoms. The Kier molecular flexibility index (Phi) is 5.24. The molecule has 3 N–H and O–H groups in total. The molecule has 30 heavy (non-hydrogen) atoms. The maximum atomic E-state index is 12.3. The molecule has 2 aromatic rings. The fraction of sp³-hybridized carbons (Fsp3) is 0.444. The van der Waals surface area contributed by atoms with Gasteiger partial charge in [0.2, 0.25) is 0 Å². The summed E-state index contributed by atoms with van der Waals surface area (Å²) in [5, 5.41) is 3.96. The molecule has 2 aromatic carbocycles. The van der Waals surface area contributed by atoms with Crippen molar-refractivity contribution in [3.8, 4) is 0 Å². The Morgan fingerprint density at radius 2 is 1.60 bits per heavy atom. The van der Waals surface area contributed by atoms with Crippen LogP contribution in [0.5, 0.6) is 0 Å². The number of nitrogen functional groups attached to an aromatic ring is 1. The summed E-state index contributed by atoms with van der Waals surface area (Å²) in [4.78, 5) is 12.3. The van der Waals surface area contributed by atoms with E-state index in [1.54, 1.807) is 6.08 Å². The predicted molar refractivity (Wildman–Crippen MR) is 123 cm³/mol. The zero-order chi connectivity index (χ0) is 20.6. The Morgan fingerprint density at radius 1 is 0.967 bits per heavy atom. The van der Waals surface area contributed by atoms with Gasteiger partial charge in [-0.05, 0) is 85.1 Å². The van der Waals surface area contributed by atoms with Gasteiger partial charge in [0.05, 0.1) is 0 Å². The van der Waals surface area contributed by atoms with Crippen molar-refractivity contribution in [2.45, 2.75) is 57.0 Å². The number of benzene rings is 2. The molecule has 0 saturated heterocycles. The first-order valence-electron chi connectivity index (χ1n) is 11.5. The lowest BCUT2D eigenvalue weighted by molar-refractivity contribution is -0.113. The summed E-state index contributed by atoms with van der Waals surface area (Å²) in [7, 11) is 0. The van der Waals surface area contributed by atoms with E-state index in [-0.39, 0.29) is 5.78 Å². The maximum Gasteiger partial charge on any atom is 0.160 e. The number of para-hydroxylation sites is 1. The number of ketones is 1. The minimum Gasteiger partial charge on any atom is -0.398 e. The average Bonchev–Trinajstić information content (AvgIpc) is 2.72. The maximum absolute atomic E-state index is 12.3. The average molecular weight is 401 g/mol. The van der Waals surface area contributed by atoms with E-state index in [4.69, 9.17) is 5.73 Å². The van der Waals surface area contributed by atoms with E-state index >= 15 is 0 Å². The molecule has 0 aromatic heterocycles. The SMILES string of the molecule is Nc1ccccc1CC(=O)/C=C/c1ccc(CNC23CC4CC(CC(C4)C2)C3)cc1. The van der Waals surface area contributed by atoms with Crippen LogP contribution in [0, 0.1) is 17.8 Å².